The highest BCUT2D eigenvalue weighted by Crippen LogP contribution is 2.21. The predicted molar refractivity (Wildman–Crippen MR) is 105 cm³/mol. The van der Waals surface area contributed by atoms with Gasteiger partial charge < -0.3 is 0 Å². The Kier molecular flexibility index (Phi) is 6.03. The van der Waals surface area contributed by atoms with Crippen molar-refractivity contribution in [1.29, 1.82) is 0 Å². The van der Waals surface area contributed by atoms with Gasteiger partial charge in [0.05, 0.1) is 10.6 Å². The van der Waals surface area contributed by atoms with Crippen LogP contribution in [0.4, 0.5) is 0 Å². The molecule has 3 rings (SSSR count). The second-order valence-electron chi connectivity index (χ2n) is 6.35. The van der Waals surface area contributed by atoms with E-state index in [4.69, 9.17) is 0 Å². The fourth-order valence-corrected chi connectivity index (χ4v) is 4.53. The molecule has 2 aromatic carbocycles. The van der Waals surface area contributed by atoms with Gasteiger partial charge in [-0.1, -0.05) is 37.3 Å². The van der Waals surface area contributed by atoms with Crippen LogP contribution in [0.15, 0.2) is 64.6 Å². The van der Waals surface area contributed by atoms with Crippen LogP contribution in [-0.2, 0) is 10.0 Å². The Bertz CT molecular complexity index is 917. The topological polar surface area (TPSA) is 78.8 Å². The quantitative estimate of drug-likeness (QED) is 0.613. The third-order valence-electron chi connectivity index (χ3n) is 4.55. The fourth-order valence-electron chi connectivity index (χ4n) is 3.02. The summed E-state index contributed by atoms with van der Waals surface area (Å²) in [4.78, 5) is 12.5. The normalized spacial score (nSPS) is 15.7. The maximum absolute atomic E-state index is 12.5. The molecule has 27 heavy (non-hydrogen) atoms. The molecule has 0 spiro atoms. The highest BCUT2D eigenvalue weighted by molar-refractivity contribution is 7.89. The van der Waals surface area contributed by atoms with Crippen LogP contribution in [0.3, 0.4) is 0 Å². The minimum Gasteiger partial charge on any atom is -0.267 e. The lowest BCUT2D eigenvalue weighted by Crippen LogP contribution is -2.28. The predicted octanol–water partition coefficient (Wildman–Crippen LogP) is 3.02. The number of rotatable bonds is 6. The Morgan fingerprint density at radius 3 is 2.22 bits per heavy atom. The summed E-state index contributed by atoms with van der Waals surface area (Å²) < 4.78 is 26.5. The minimum atomic E-state index is -3.47. The van der Waals surface area contributed by atoms with Crippen molar-refractivity contribution in [3.05, 3.63) is 65.7 Å². The highest BCUT2D eigenvalue weighted by atomic mass is 32.2. The first kappa shape index (κ1) is 19.3. The number of carbonyl (C=O) groups is 1. The largest absolute Gasteiger partial charge is 0.271 e. The van der Waals surface area contributed by atoms with Gasteiger partial charge in [0.1, 0.15) is 0 Å². The molecule has 1 fully saturated rings. The van der Waals surface area contributed by atoms with Crippen LogP contribution < -0.4 is 5.43 Å². The van der Waals surface area contributed by atoms with Crippen LogP contribution in [0, 0.1) is 0 Å². The molecule has 1 amide bonds. The molecule has 2 aromatic rings. The number of nitrogens with one attached hydrogen (secondary N) is 1. The van der Waals surface area contributed by atoms with Crippen molar-refractivity contribution in [2.24, 2.45) is 5.10 Å². The van der Waals surface area contributed by atoms with Crippen molar-refractivity contribution in [3.63, 3.8) is 0 Å². The van der Waals surface area contributed by atoms with Crippen LogP contribution in [-0.4, -0.2) is 37.4 Å². The van der Waals surface area contributed by atoms with Gasteiger partial charge in [-0.15, -0.1) is 0 Å². The monoisotopic (exact) mass is 385 g/mol. The fraction of sp³-hybridized carbons (Fsp3) is 0.300. The maximum atomic E-state index is 12.5. The zero-order valence-electron chi connectivity index (χ0n) is 15.3. The second kappa shape index (κ2) is 8.45. The van der Waals surface area contributed by atoms with Crippen LogP contribution in [0.25, 0.3) is 0 Å². The van der Waals surface area contributed by atoms with Crippen molar-refractivity contribution in [2.75, 3.05) is 13.1 Å². The average Bonchev–Trinajstić information content (AvgIpc) is 3.25. The third-order valence-corrected chi connectivity index (χ3v) is 6.47. The van der Waals surface area contributed by atoms with Gasteiger partial charge >= 0.3 is 0 Å². The number of sulfonamides is 1. The van der Waals surface area contributed by atoms with E-state index in [2.05, 4.69) is 10.5 Å². The first-order valence-electron chi connectivity index (χ1n) is 9.05. The van der Waals surface area contributed by atoms with E-state index in [1.807, 2.05) is 37.3 Å². The summed E-state index contributed by atoms with van der Waals surface area (Å²) in [5.41, 5.74) is 4.64. The molecule has 6 nitrogen and oxygen atoms in total. The number of benzene rings is 2. The zero-order chi connectivity index (χ0) is 19.3. The molecule has 0 aliphatic carbocycles. The van der Waals surface area contributed by atoms with E-state index >= 15 is 0 Å². The van der Waals surface area contributed by atoms with E-state index in [9.17, 15) is 13.2 Å². The molecule has 7 heteroatoms. The van der Waals surface area contributed by atoms with E-state index in [1.165, 1.54) is 28.6 Å². The maximum Gasteiger partial charge on any atom is 0.271 e. The molecular formula is C20H23N3O3S. The van der Waals surface area contributed by atoms with E-state index in [1.54, 1.807) is 0 Å². The zero-order valence-corrected chi connectivity index (χ0v) is 16.1. The van der Waals surface area contributed by atoms with Gasteiger partial charge in [0.25, 0.3) is 5.91 Å². The standard InChI is InChI=1S/C20H23N3O3S/c1-2-19(16-8-4-3-5-9-16)21-22-20(24)17-10-12-18(13-11-17)27(25,26)23-14-6-7-15-23/h3-5,8-13H,2,6-7,14-15H2,1H3,(H,22,24)/b21-19-. The summed E-state index contributed by atoms with van der Waals surface area (Å²) in [6.45, 7) is 3.08. The summed E-state index contributed by atoms with van der Waals surface area (Å²) in [6.07, 6.45) is 2.45. The van der Waals surface area contributed by atoms with Gasteiger partial charge in [0.15, 0.2) is 0 Å². The van der Waals surface area contributed by atoms with E-state index < -0.39 is 10.0 Å². The van der Waals surface area contributed by atoms with Crippen LogP contribution >= 0.6 is 0 Å². The Balaban J connectivity index is 1.71. The number of amides is 1. The van der Waals surface area contributed by atoms with Gasteiger partial charge in [-0.05, 0) is 49.1 Å². The Morgan fingerprint density at radius 2 is 1.63 bits per heavy atom. The first-order chi connectivity index (χ1) is 13.0. The van der Waals surface area contributed by atoms with Gasteiger partial charge in [-0.25, -0.2) is 13.8 Å². The van der Waals surface area contributed by atoms with Gasteiger partial charge in [0.2, 0.25) is 10.0 Å². The molecule has 0 aromatic heterocycles. The Hall–Kier alpha value is -2.51. The van der Waals surface area contributed by atoms with Crippen molar-refractivity contribution in [3.8, 4) is 0 Å². The number of hydrazone groups is 1. The molecule has 0 saturated carbocycles. The highest BCUT2D eigenvalue weighted by Gasteiger charge is 2.27. The third kappa shape index (κ3) is 4.43. The van der Waals surface area contributed by atoms with Crippen LogP contribution in [0.5, 0.6) is 0 Å². The second-order valence-corrected chi connectivity index (χ2v) is 8.29. The number of hydrogen-bond donors (Lipinski definition) is 1. The lowest BCUT2D eigenvalue weighted by molar-refractivity contribution is 0.0954. The number of hydrogen-bond acceptors (Lipinski definition) is 4. The molecule has 0 unspecified atom stereocenters. The molecular weight excluding hydrogens is 362 g/mol. The Labute approximate surface area is 159 Å². The Morgan fingerprint density at radius 1 is 1.00 bits per heavy atom. The van der Waals surface area contributed by atoms with E-state index in [0.29, 0.717) is 25.1 Å². The molecule has 0 radical (unpaired) electrons. The summed E-state index contributed by atoms with van der Waals surface area (Å²) >= 11 is 0. The first-order valence-corrected chi connectivity index (χ1v) is 10.5. The van der Waals surface area contributed by atoms with Crippen LogP contribution in [0.1, 0.15) is 42.1 Å². The molecule has 0 bridgehead atoms. The van der Waals surface area contributed by atoms with E-state index in [-0.39, 0.29) is 10.8 Å². The summed E-state index contributed by atoms with van der Waals surface area (Å²) in [5.74, 6) is -0.373. The van der Waals surface area contributed by atoms with Gasteiger partial charge in [0, 0.05) is 18.7 Å². The summed E-state index contributed by atoms with van der Waals surface area (Å²) in [6, 6.07) is 15.6. The molecule has 1 N–H and O–H groups in total. The van der Waals surface area contributed by atoms with Crippen molar-refractivity contribution in [2.45, 2.75) is 31.1 Å². The van der Waals surface area contributed by atoms with Gasteiger partial charge in [-0.2, -0.15) is 9.41 Å². The van der Waals surface area contributed by atoms with Crippen molar-refractivity contribution >= 4 is 21.6 Å². The average molecular weight is 385 g/mol. The SMILES string of the molecule is CC/C(=N/NC(=O)c1ccc(S(=O)(=O)N2CCCC2)cc1)c1ccccc1. The van der Waals surface area contributed by atoms with Crippen molar-refractivity contribution < 1.29 is 13.2 Å². The van der Waals surface area contributed by atoms with Crippen LogP contribution in [0.2, 0.25) is 0 Å². The molecule has 1 saturated heterocycles. The summed E-state index contributed by atoms with van der Waals surface area (Å²) in [7, 11) is -3.47. The van der Waals surface area contributed by atoms with Crippen molar-refractivity contribution in [1.82, 2.24) is 9.73 Å². The molecule has 142 valence electrons. The van der Waals surface area contributed by atoms with E-state index in [0.717, 1.165) is 24.1 Å². The van der Waals surface area contributed by atoms with Gasteiger partial charge in [-0.3, -0.25) is 4.79 Å². The lowest BCUT2D eigenvalue weighted by atomic mass is 10.1. The minimum absolute atomic E-state index is 0.211. The summed E-state index contributed by atoms with van der Waals surface area (Å²) in [5, 5.41) is 4.21. The smallest absolute Gasteiger partial charge is 0.267 e. The lowest BCUT2D eigenvalue weighted by Gasteiger charge is -2.15. The molecule has 1 heterocycles. The number of carbonyl (C=O) groups excluding carboxylic acids is 1. The molecule has 0 atom stereocenters. The molecule has 1 aliphatic heterocycles. The number of nitrogens with zero attached hydrogens (tertiary/aromatic N) is 2. The molecule has 1 aliphatic rings.